The molecule has 0 aromatic heterocycles. The largest absolute Gasteiger partial charge is 0.504 e. The highest BCUT2D eigenvalue weighted by Gasteiger charge is 2.20. The Kier molecular flexibility index (Phi) is 4.70. The number of rotatable bonds is 4. The van der Waals surface area contributed by atoms with Crippen molar-refractivity contribution in [1.82, 2.24) is 5.32 Å². The molecule has 0 bridgehead atoms. The maximum Gasteiger partial charge on any atom is 0.160 e. The molecule has 3 heteroatoms. The molecule has 1 aromatic carbocycles. The lowest BCUT2D eigenvalue weighted by Gasteiger charge is -2.30. The van der Waals surface area contributed by atoms with Gasteiger partial charge in [-0.15, -0.1) is 0 Å². The molecule has 1 aliphatic carbocycles. The molecule has 1 atom stereocenters. The van der Waals surface area contributed by atoms with Gasteiger partial charge in [-0.3, -0.25) is 0 Å². The maximum absolute atomic E-state index is 9.62. The second kappa shape index (κ2) is 6.29. The van der Waals surface area contributed by atoms with Crippen LogP contribution in [0.5, 0.6) is 11.5 Å². The predicted octanol–water partition coefficient (Wildman–Crippen LogP) is 3.63. The SMILES string of the molecule is COc1cc(C(C)NC2CCC(C)CC2)ccc1O. The van der Waals surface area contributed by atoms with Crippen molar-refractivity contribution < 1.29 is 9.84 Å². The van der Waals surface area contributed by atoms with Crippen molar-refractivity contribution in [2.24, 2.45) is 5.92 Å². The molecule has 1 unspecified atom stereocenters. The van der Waals surface area contributed by atoms with E-state index in [1.165, 1.54) is 25.7 Å². The highest BCUT2D eigenvalue weighted by atomic mass is 16.5. The topological polar surface area (TPSA) is 41.5 Å². The number of benzene rings is 1. The lowest BCUT2D eigenvalue weighted by Crippen LogP contribution is -2.34. The van der Waals surface area contributed by atoms with Crippen molar-refractivity contribution in [3.05, 3.63) is 23.8 Å². The molecule has 106 valence electrons. The van der Waals surface area contributed by atoms with Crippen LogP contribution in [0.4, 0.5) is 0 Å². The van der Waals surface area contributed by atoms with Crippen LogP contribution in [0, 0.1) is 5.92 Å². The quantitative estimate of drug-likeness (QED) is 0.871. The van der Waals surface area contributed by atoms with Gasteiger partial charge in [-0.25, -0.2) is 0 Å². The molecule has 1 fully saturated rings. The Hall–Kier alpha value is -1.22. The third-order valence-electron chi connectivity index (χ3n) is 4.21. The van der Waals surface area contributed by atoms with Crippen molar-refractivity contribution >= 4 is 0 Å². The van der Waals surface area contributed by atoms with Gasteiger partial charge in [0.2, 0.25) is 0 Å². The third-order valence-corrected chi connectivity index (χ3v) is 4.21. The standard InChI is InChI=1S/C16H25NO2/c1-11-4-7-14(8-5-11)17-12(2)13-6-9-15(18)16(10-13)19-3/h6,9-12,14,17-18H,4-5,7-8H2,1-3H3. The molecule has 0 saturated heterocycles. The lowest BCUT2D eigenvalue weighted by molar-refractivity contribution is 0.291. The molecule has 0 spiro atoms. The van der Waals surface area contributed by atoms with Crippen molar-refractivity contribution in [3.8, 4) is 11.5 Å². The van der Waals surface area contributed by atoms with Crippen LogP contribution in [0.3, 0.4) is 0 Å². The first-order valence-electron chi connectivity index (χ1n) is 7.23. The van der Waals surface area contributed by atoms with Crippen LogP contribution in [0.1, 0.15) is 51.1 Å². The molecule has 0 aliphatic heterocycles. The van der Waals surface area contributed by atoms with E-state index in [9.17, 15) is 5.11 Å². The fourth-order valence-electron chi connectivity index (χ4n) is 2.84. The number of phenols is 1. The maximum atomic E-state index is 9.62. The van der Waals surface area contributed by atoms with Gasteiger partial charge >= 0.3 is 0 Å². The first kappa shape index (κ1) is 14.2. The summed E-state index contributed by atoms with van der Waals surface area (Å²) >= 11 is 0. The van der Waals surface area contributed by atoms with Gasteiger partial charge in [0, 0.05) is 12.1 Å². The molecule has 2 N–H and O–H groups in total. The summed E-state index contributed by atoms with van der Waals surface area (Å²) in [6.07, 6.45) is 5.17. The van der Waals surface area contributed by atoms with E-state index in [4.69, 9.17) is 4.74 Å². The minimum atomic E-state index is 0.199. The van der Waals surface area contributed by atoms with Gasteiger partial charge in [0.05, 0.1) is 7.11 Å². The highest BCUT2D eigenvalue weighted by molar-refractivity contribution is 5.42. The number of aromatic hydroxyl groups is 1. The molecule has 1 aromatic rings. The van der Waals surface area contributed by atoms with Crippen molar-refractivity contribution in [1.29, 1.82) is 0 Å². The summed E-state index contributed by atoms with van der Waals surface area (Å²) in [5.41, 5.74) is 1.16. The van der Waals surface area contributed by atoms with Gasteiger partial charge in [-0.2, -0.15) is 0 Å². The Labute approximate surface area is 116 Å². The molecule has 1 saturated carbocycles. The number of hydrogen-bond donors (Lipinski definition) is 2. The van der Waals surface area contributed by atoms with Gasteiger partial charge in [0.1, 0.15) is 0 Å². The van der Waals surface area contributed by atoms with E-state index in [2.05, 4.69) is 19.2 Å². The summed E-state index contributed by atoms with van der Waals surface area (Å²) in [6, 6.07) is 6.48. The van der Waals surface area contributed by atoms with Crippen molar-refractivity contribution in [2.75, 3.05) is 7.11 Å². The van der Waals surface area contributed by atoms with Crippen LogP contribution in [-0.4, -0.2) is 18.3 Å². The van der Waals surface area contributed by atoms with E-state index in [0.717, 1.165) is 11.5 Å². The Morgan fingerprint density at radius 2 is 1.95 bits per heavy atom. The molecule has 0 amide bonds. The fourth-order valence-corrected chi connectivity index (χ4v) is 2.84. The number of phenolic OH excluding ortho intramolecular Hbond substituents is 1. The van der Waals surface area contributed by atoms with Gasteiger partial charge in [0.25, 0.3) is 0 Å². The molecular formula is C16H25NO2. The monoisotopic (exact) mass is 263 g/mol. The van der Waals surface area contributed by atoms with Crippen LogP contribution in [0.25, 0.3) is 0 Å². The normalized spacial score (nSPS) is 25.0. The molecule has 1 aliphatic rings. The Morgan fingerprint density at radius 1 is 1.26 bits per heavy atom. The summed E-state index contributed by atoms with van der Waals surface area (Å²) < 4.78 is 5.16. The summed E-state index contributed by atoms with van der Waals surface area (Å²) in [6.45, 7) is 4.51. The van der Waals surface area contributed by atoms with Gasteiger partial charge in [-0.05, 0) is 56.2 Å². The molecular weight excluding hydrogens is 238 g/mol. The molecule has 0 heterocycles. The van der Waals surface area contributed by atoms with E-state index in [1.54, 1.807) is 13.2 Å². The Balaban J connectivity index is 1.97. The number of hydrogen-bond acceptors (Lipinski definition) is 3. The van der Waals surface area contributed by atoms with Crippen LogP contribution < -0.4 is 10.1 Å². The summed E-state index contributed by atoms with van der Waals surface area (Å²) in [4.78, 5) is 0. The van der Waals surface area contributed by atoms with E-state index < -0.39 is 0 Å². The van der Waals surface area contributed by atoms with Crippen LogP contribution >= 0.6 is 0 Å². The second-order valence-electron chi connectivity index (χ2n) is 5.78. The van der Waals surface area contributed by atoms with Crippen molar-refractivity contribution in [2.45, 2.75) is 51.6 Å². The zero-order chi connectivity index (χ0) is 13.8. The zero-order valence-electron chi connectivity index (χ0n) is 12.1. The first-order valence-corrected chi connectivity index (χ1v) is 7.23. The minimum absolute atomic E-state index is 0.199. The van der Waals surface area contributed by atoms with Crippen LogP contribution in [0.15, 0.2) is 18.2 Å². The minimum Gasteiger partial charge on any atom is -0.504 e. The molecule has 0 radical (unpaired) electrons. The summed E-state index contributed by atoms with van der Waals surface area (Å²) in [7, 11) is 1.58. The number of ether oxygens (including phenoxy) is 1. The fraction of sp³-hybridized carbons (Fsp3) is 0.625. The number of methoxy groups -OCH3 is 1. The zero-order valence-corrected chi connectivity index (χ0v) is 12.1. The average molecular weight is 263 g/mol. The van der Waals surface area contributed by atoms with Gasteiger partial charge in [-0.1, -0.05) is 13.0 Å². The predicted molar refractivity (Wildman–Crippen MR) is 77.6 cm³/mol. The van der Waals surface area contributed by atoms with Crippen molar-refractivity contribution in [3.63, 3.8) is 0 Å². The van der Waals surface area contributed by atoms with E-state index in [-0.39, 0.29) is 11.8 Å². The average Bonchev–Trinajstić information content (AvgIpc) is 2.42. The van der Waals surface area contributed by atoms with Gasteiger partial charge < -0.3 is 15.2 Å². The molecule has 19 heavy (non-hydrogen) atoms. The summed E-state index contributed by atoms with van der Waals surface area (Å²) in [5, 5.41) is 13.3. The number of nitrogens with one attached hydrogen (secondary N) is 1. The smallest absolute Gasteiger partial charge is 0.160 e. The van der Waals surface area contributed by atoms with Crippen LogP contribution in [0.2, 0.25) is 0 Å². The Bertz CT molecular complexity index is 411. The lowest BCUT2D eigenvalue weighted by atomic mass is 9.87. The van der Waals surface area contributed by atoms with E-state index in [0.29, 0.717) is 11.8 Å². The molecule has 3 nitrogen and oxygen atoms in total. The van der Waals surface area contributed by atoms with Gasteiger partial charge in [0.15, 0.2) is 11.5 Å². The van der Waals surface area contributed by atoms with E-state index >= 15 is 0 Å². The Morgan fingerprint density at radius 3 is 2.58 bits per heavy atom. The van der Waals surface area contributed by atoms with Crippen LogP contribution in [-0.2, 0) is 0 Å². The third kappa shape index (κ3) is 3.63. The molecule has 2 rings (SSSR count). The highest BCUT2D eigenvalue weighted by Crippen LogP contribution is 2.30. The second-order valence-corrected chi connectivity index (χ2v) is 5.78. The summed E-state index contributed by atoms with van der Waals surface area (Å²) in [5.74, 6) is 1.62. The van der Waals surface area contributed by atoms with E-state index in [1.807, 2.05) is 12.1 Å². The first-order chi connectivity index (χ1) is 9.10.